The minimum Gasteiger partial charge on any atom is -0.497 e. The minimum atomic E-state index is -0.283. The second-order valence-corrected chi connectivity index (χ2v) is 6.03. The number of hydrogen-bond acceptors (Lipinski definition) is 6. The van der Waals surface area contributed by atoms with Gasteiger partial charge < -0.3 is 20.1 Å². The molecular formula is C21H22N4O3. The van der Waals surface area contributed by atoms with E-state index in [1.54, 1.807) is 27.2 Å². The van der Waals surface area contributed by atoms with Gasteiger partial charge >= 0.3 is 0 Å². The molecule has 0 fully saturated rings. The number of methoxy groups -OCH3 is 2. The number of amides is 1. The lowest BCUT2D eigenvalue weighted by atomic mass is 10.2. The van der Waals surface area contributed by atoms with Crippen LogP contribution >= 0.6 is 0 Å². The molecule has 144 valence electrons. The number of ether oxygens (including phenoxy) is 2. The number of aryl methyl sites for hydroxylation is 1. The van der Waals surface area contributed by atoms with E-state index in [0.29, 0.717) is 23.9 Å². The quantitative estimate of drug-likeness (QED) is 0.655. The van der Waals surface area contributed by atoms with Crippen molar-refractivity contribution in [2.75, 3.05) is 19.5 Å². The SMILES string of the molecule is COc1ccc(Nc2cc(C(=O)NCc3ccccc3OC)nc(C)n2)cc1. The molecule has 0 aliphatic rings. The van der Waals surface area contributed by atoms with Crippen molar-refractivity contribution >= 4 is 17.4 Å². The van der Waals surface area contributed by atoms with Gasteiger partial charge in [-0.1, -0.05) is 18.2 Å². The Balaban J connectivity index is 1.71. The van der Waals surface area contributed by atoms with Crippen LogP contribution in [0.1, 0.15) is 21.9 Å². The Morgan fingerprint density at radius 2 is 1.75 bits per heavy atom. The number of para-hydroxylation sites is 1. The molecule has 0 atom stereocenters. The summed E-state index contributed by atoms with van der Waals surface area (Å²) in [7, 11) is 3.22. The van der Waals surface area contributed by atoms with Crippen molar-refractivity contribution < 1.29 is 14.3 Å². The molecule has 0 aliphatic heterocycles. The molecule has 7 nitrogen and oxygen atoms in total. The van der Waals surface area contributed by atoms with Crippen molar-refractivity contribution in [3.8, 4) is 11.5 Å². The number of nitrogens with one attached hydrogen (secondary N) is 2. The lowest BCUT2D eigenvalue weighted by Crippen LogP contribution is -2.24. The number of carbonyl (C=O) groups is 1. The van der Waals surface area contributed by atoms with E-state index in [0.717, 1.165) is 22.7 Å². The van der Waals surface area contributed by atoms with Crippen LogP contribution in [0.2, 0.25) is 0 Å². The minimum absolute atomic E-state index is 0.283. The highest BCUT2D eigenvalue weighted by Gasteiger charge is 2.12. The number of anilines is 2. The first-order valence-electron chi connectivity index (χ1n) is 8.76. The smallest absolute Gasteiger partial charge is 0.270 e. The van der Waals surface area contributed by atoms with Gasteiger partial charge in [0.25, 0.3) is 5.91 Å². The second-order valence-electron chi connectivity index (χ2n) is 6.03. The molecule has 0 bridgehead atoms. The van der Waals surface area contributed by atoms with Gasteiger partial charge in [-0.05, 0) is 37.3 Å². The summed E-state index contributed by atoms with van der Waals surface area (Å²) in [6, 6.07) is 16.6. The van der Waals surface area contributed by atoms with E-state index in [-0.39, 0.29) is 5.91 Å². The first-order valence-corrected chi connectivity index (χ1v) is 8.76. The number of nitrogens with zero attached hydrogens (tertiary/aromatic N) is 2. The summed E-state index contributed by atoms with van der Waals surface area (Å²) in [5.74, 6) is 2.25. The zero-order valence-electron chi connectivity index (χ0n) is 16.0. The maximum Gasteiger partial charge on any atom is 0.270 e. The highest BCUT2D eigenvalue weighted by Crippen LogP contribution is 2.20. The first kappa shape index (κ1) is 19.2. The summed E-state index contributed by atoms with van der Waals surface area (Å²) >= 11 is 0. The molecule has 0 spiro atoms. The van der Waals surface area contributed by atoms with Gasteiger partial charge in [0.05, 0.1) is 14.2 Å². The summed E-state index contributed by atoms with van der Waals surface area (Å²) < 4.78 is 10.5. The van der Waals surface area contributed by atoms with E-state index in [4.69, 9.17) is 9.47 Å². The Hall–Kier alpha value is -3.61. The normalized spacial score (nSPS) is 10.2. The number of rotatable bonds is 7. The number of carbonyl (C=O) groups excluding carboxylic acids is 1. The molecule has 0 saturated heterocycles. The molecule has 2 aromatic carbocycles. The molecule has 3 rings (SSSR count). The van der Waals surface area contributed by atoms with Crippen LogP contribution in [0.4, 0.5) is 11.5 Å². The van der Waals surface area contributed by atoms with Crippen molar-refractivity contribution in [1.29, 1.82) is 0 Å². The van der Waals surface area contributed by atoms with E-state index < -0.39 is 0 Å². The lowest BCUT2D eigenvalue weighted by molar-refractivity contribution is 0.0945. The summed E-state index contributed by atoms with van der Waals surface area (Å²) in [6.07, 6.45) is 0. The number of benzene rings is 2. The highest BCUT2D eigenvalue weighted by atomic mass is 16.5. The average molecular weight is 378 g/mol. The van der Waals surface area contributed by atoms with Crippen molar-refractivity contribution in [2.45, 2.75) is 13.5 Å². The molecule has 0 aliphatic carbocycles. The van der Waals surface area contributed by atoms with E-state index in [1.807, 2.05) is 48.5 Å². The molecule has 1 amide bonds. The summed E-state index contributed by atoms with van der Waals surface area (Å²) in [5, 5.41) is 6.05. The molecular weight excluding hydrogens is 356 g/mol. The fraction of sp³-hybridized carbons (Fsp3) is 0.190. The maximum atomic E-state index is 12.6. The Morgan fingerprint density at radius 1 is 1.00 bits per heavy atom. The fourth-order valence-corrected chi connectivity index (χ4v) is 2.69. The number of aromatic nitrogens is 2. The predicted octanol–water partition coefficient (Wildman–Crippen LogP) is 3.48. The Labute approximate surface area is 163 Å². The molecule has 0 radical (unpaired) electrons. The zero-order valence-corrected chi connectivity index (χ0v) is 16.0. The maximum absolute atomic E-state index is 12.6. The van der Waals surface area contributed by atoms with Gasteiger partial charge in [-0.2, -0.15) is 0 Å². The summed E-state index contributed by atoms with van der Waals surface area (Å²) in [4.78, 5) is 21.2. The molecule has 3 aromatic rings. The van der Waals surface area contributed by atoms with Crippen molar-refractivity contribution in [3.05, 3.63) is 71.7 Å². The van der Waals surface area contributed by atoms with Crippen LogP contribution in [-0.4, -0.2) is 30.1 Å². The van der Waals surface area contributed by atoms with Gasteiger partial charge in [0, 0.05) is 23.9 Å². The molecule has 1 heterocycles. The van der Waals surface area contributed by atoms with Crippen LogP contribution in [0, 0.1) is 6.92 Å². The van der Waals surface area contributed by atoms with Crippen molar-refractivity contribution in [3.63, 3.8) is 0 Å². The highest BCUT2D eigenvalue weighted by molar-refractivity contribution is 5.93. The van der Waals surface area contributed by atoms with Gasteiger partial charge in [0.1, 0.15) is 28.8 Å². The topological polar surface area (TPSA) is 85.4 Å². The van der Waals surface area contributed by atoms with Gasteiger partial charge in [0.2, 0.25) is 0 Å². The summed E-state index contributed by atoms with van der Waals surface area (Å²) in [5.41, 5.74) is 2.01. The lowest BCUT2D eigenvalue weighted by Gasteiger charge is -2.11. The Bertz CT molecular complexity index is 958. The average Bonchev–Trinajstić information content (AvgIpc) is 2.72. The van der Waals surface area contributed by atoms with E-state index in [1.165, 1.54) is 0 Å². The van der Waals surface area contributed by atoms with Crippen LogP contribution in [0.25, 0.3) is 0 Å². The van der Waals surface area contributed by atoms with Crippen LogP contribution in [0.3, 0.4) is 0 Å². The molecule has 28 heavy (non-hydrogen) atoms. The van der Waals surface area contributed by atoms with Gasteiger partial charge in [-0.3, -0.25) is 4.79 Å². The van der Waals surface area contributed by atoms with Gasteiger partial charge in [-0.15, -0.1) is 0 Å². The molecule has 7 heteroatoms. The Kier molecular flexibility index (Phi) is 6.06. The van der Waals surface area contributed by atoms with Gasteiger partial charge in [-0.25, -0.2) is 9.97 Å². The molecule has 0 saturated carbocycles. The van der Waals surface area contributed by atoms with E-state index in [9.17, 15) is 4.79 Å². The third kappa shape index (κ3) is 4.76. The first-order chi connectivity index (χ1) is 13.6. The largest absolute Gasteiger partial charge is 0.497 e. The standard InChI is InChI=1S/C21H22N4O3/c1-14-23-18(21(26)22-13-15-6-4-5-7-19(15)28-3)12-20(24-14)25-16-8-10-17(27-2)11-9-16/h4-12H,13H2,1-3H3,(H,22,26)(H,23,24,25). The number of hydrogen-bond donors (Lipinski definition) is 2. The Morgan fingerprint density at radius 3 is 2.46 bits per heavy atom. The monoisotopic (exact) mass is 378 g/mol. The third-order valence-corrected chi connectivity index (χ3v) is 4.06. The van der Waals surface area contributed by atoms with Crippen LogP contribution < -0.4 is 20.1 Å². The van der Waals surface area contributed by atoms with Crippen LogP contribution in [-0.2, 0) is 6.54 Å². The van der Waals surface area contributed by atoms with Crippen molar-refractivity contribution in [1.82, 2.24) is 15.3 Å². The molecule has 1 aromatic heterocycles. The molecule has 2 N–H and O–H groups in total. The summed E-state index contributed by atoms with van der Waals surface area (Å²) in [6.45, 7) is 2.09. The van der Waals surface area contributed by atoms with Crippen LogP contribution in [0.5, 0.6) is 11.5 Å². The molecule has 0 unspecified atom stereocenters. The predicted molar refractivity (Wildman–Crippen MR) is 107 cm³/mol. The fourth-order valence-electron chi connectivity index (χ4n) is 2.69. The van der Waals surface area contributed by atoms with Gasteiger partial charge in [0.15, 0.2) is 0 Å². The van der Waals surface area contributed by atoms with E-state index >= 15 is 0 Å². The van der Waals surface area contributed by atoms with Crippen LogP contribution in [0.15, 0.2) is 54.6 Å². The zero-order chi connectivity index (χ0) is 19.9. The third-order valence-electron chi connectivity index (χ3n) is 4.06. The second kappa shape index (κ2) is 8.85. The van der Waals surface area contributed by atoms with E-state index in [2.05, 4.69) is 20.6 Å². The van der Waals surface area contributed by atoms with Crippen molar-refractivity contribution in [2.24, 2.45) is 0 Å².